The lowest BCUT2D eigenvalue weighted by Crippen LogP contribution is -2.26. The summed E-state index contributed by atoms with van der Waals surface area (Å²) in [7, 11) is 0. The number of nitrogens with zero attached hydrogens (tertiary/aromatic N) is 1. The van der Waals surface area contributed by atoms with Crippen LogP contribution in [0.5, 0.6) is 0 Å². The summed E-state index contributed by atoms with van der Waals surface area (Å²) < 4.78 is 1.10. The first-order chi connectivity index (χ1) is 6.20. The summed E-state index contributed by atoms with van der Waals surface area (Å²) in [5, 5.41) is 1.64. The van der Waals surface area contributed by atoms with Crippen molar-refractivity contribution in [1.29, 1.82) is 0 Å². The molecule has 1 heterocycles. The second-order valence-electron chi connectivity index (χ2n) is 3.06. The summed E-state index contributed by atoms with van der Waals surface area (Å²) >= 11 is 0. The van der Waals surface area contributed by atoms with E-state index in [0.29, 0.717) is 5.39 Å². The maximum Gasteiger partial charge on any atom is 0.276 e. The molecule has 1 aromatic heterocycles. The van der Waals surface area contributed by atoms with Gasteiger partial charge in [-0.1, -0.05) is 12.1 Å². The Morgan fingerprint density at radius 2 is 2.00 bits per heavy atom. The smallest absolute Gasteiger partial charge is 0.276 e. The van der Waals surface area contributed by atoms with Crippen LogP contribution < -0.4 is 11.4 Å². The van der Waals surface area contributed by atoms with Crippen LogP contribution in [0.2, 0.25) is 0 Å². The third-order valence-electron chi connectivity index (χ3n) is 2.19. The highest BCUT2D eigenvalue weighted by Gasteiger charge is 2.01. The molecule has 0 aliphatic carbocycles. The first-order valence-electron chi connectivity index (χ1n) is 4.06. The Morgan fingerprint density at radius 3 is 2.77 bits per heavy atom. The summed E-state index contributed by atoms with van der Waals surface area (Å²) in [5.74, 6) is 5.44. The third-order valence-corrected chi connectivity index (χ3v) is 2.19. The van der Waals surface area contributed by atoms with E-state index < -0.39 is 0 Å². The Labute approximate surface area is 75.4 Å². The van der Waals surface area contributed by atoms with Gasteiger partial charge in [-0.05, 0) is 30.0 Å². The van der Waals surface area contributed by atoms with Crippen molar-refractivity contribution in [2.75, 3.05) is 5.84 Å². The van der Waals surface area contributed by atoms with Crippen molar-refractivity contribution >= 4 is 10.8 Å². The minimum Gasteiger partial charge on any atom is -0.336 e. The number of nitrogens with two attached hydrogens (primary N) is 1. The normalized spacial score (nSPS) is 10.5. The number of hydrogen-bond donors (Lipinski definition) is 1. The summed E-state index contributed by atoms with van der Waals surface area (Å²) in [5.41, 5.74) is 0.941. The van der Waals surface area contributed by atoms with Gasteiger partial charge in [0.25, 0.3) is 5.56 Å². The van der Waals surface area contributed by atoms with Gasteiger partial charge in [-0.15, -0.1) is 0 Å². The van der Waals surface area contributed by atoms with Crippen molar-refractivity contribution in [1.82, 2.24) is 4.68 Å². The quantitative estimate of drug-likeness (QED) is 0.606. The van der Waals surface area contributed by atoms with Crippen molar-refractivity contribution in [3.05, 3.63) is 46.4 Å². The molecule has 2 N–H and O–H groups in total. The molecule has 0 unspecified atom stereocenters. The largest absolute Gasteiger partial charge is 0.336 e. The summed E-state index contributed by atoms with van der Waals surface area (Å²) in [6.45, 7) is 1.97. The average Bonchev–Trinajstić information content (AvgIpc) is 2.12. The van der Waals surface area contributed by atoms with E-state index >= 15 is 0 Å². The molecule has 0 radical (unpaired) electrons. The zero-order valence-corrected chi connectivity index (χ0v) is 7.32. The monoisotopic (exact) mass is 174 g/mol. The van der Waals surface area contributed by atoms with Gasteiger partial charge in [0.1, 0.15) is 0 Å². The van der Waals surface area contributed by atoms with Gasteiger partial charge in [0.15, 0.2) is 0 Å². The molecule has 0 saturated heterocycles. The Morgan fingerprint density at radius 1 is 1.23 bits per heavy atom. The Balaban J connectivity index is 3.03. The number of aryl methyl sites for hydroxylation is 1. The van der Waals surface area contributed by atoms with E-state index in [2.05, 4.69) is 0 Å². The van der Waals surface area contributed by atoms with Crippen LogP contribution in [-0.4, -0.2) is 4.68 Å². The molecule has 0 amide bonds. The third kappa shape index (κ3) is 1.09. The molecule has 2 rings (SSSR count). The van der Waals surface area contributed by atoms with E-state index in [1.54, 1.807) is 12.3 Å². The van der Waals surface area contributed by atoms with Gasteiger partial charge in [0, 0.05) is 11.6 Å². The van der Waals surface area contributed by atoms with Crippen LogP contribution in [0.1, 0.15) is 5.56 Å². The number of aromatic nitrogens is 1. The maximum absolute atomic E-state index is 11.5. The van der Waals surface area contributed by atoms with Gasteiger partial charge in [0.2, 0.25) is 0 Å². The van der Waals surface area contributed by atoms with Crippen molar-refractivity contribution in [3.63, 3.8) is 0 Å². The molecule has 66 valence electrons. The molecule has 13 heavy (non-hydrogen) atoms. The van der Waals surface area contributed by atoms with E-state index in [9.17, 15) is 4.79 Å². The van der Waals surface area contributed by atoms with Crippen LogP contribution in [-0.2, 0) is 0 Å². The van der Waals surface area contributed by atoms with Crippen molar-refractivity contribution < 1.29 is 0 Å². The molecular weight excluding hydrogens is 164 g/mol. The Kier molecular flexibility index (Phi) is 1.59. The molecule has 0 aliphatic heterocycles. The molecule has 2 aromatic rings. The Bertz CT molecular complexity index is 514. The first-order valence-corrected chi connectivity index (χ1v) is 4.06. The van der Waals surface area contributed by atoms with E-state index in [4.69, 9.17) is 5.84 Å². The van der Waals surface area contributed by atoms with Crippen LogP contribution in [0, 0.1) is 6.92 Å². The zero-order valence-electron chi connectivity index (χ0n) is 7.32. The number of benzene rings is 1. The van der Waals surface area contributed by atoms with Gasteiger partial charge < -0.3 is 5.84 Å². The lowest BCUT2D eigenvalue weighted by Gasteiger charge is -2.02. The molecule has 3 heteroatoms. The average molecular weight is 174 g/mol. The zero-order chi connectivity index (χ0) is 9.42. The second-order valence-corrected chi connectivity index (χ2v) is 3.06. The van der Waals surface area contributed by atoms with Crippen LogP contribution in [0.4, 0.5) is 0 Å². The Hall–Kier alpha value is -1.77. The number of rotatable bonds is 0. The predicted octanol–water partition coefficient (Wildman–Crippen LogP) is 1.02. The van der Waals surface area contributed by atoms with E-state index in [1.165, 1.54) is 0 Å². The van der Waals surface area contributed by atoms with Crippen molar-refractivity contribution in [2.24, 2.45) is 0 Å². The lowest BCUT2D eigenvalue weighted by molar-refractivity contribution is 0.953. The van der Waals surface area contributed by atoms with E-state index in [-0.39, 0.29) is 5.56 Å². The van der Waals surface area contributed by atoms with Gasteiger partial charge in [-0.25, -0.2) is 4.68 Å². The van der Waals surface area contributed by atoms with Crippen LogP contribution in [0.3, 0.4) is 0 Å². The number of nitrogen functional groups attached to an aromatic ring is 1. The highest BCUT2D eigenvalue weighted by molar-refractivity contribution is 5.84. The van der Waals surface area contributed by atoms with Crippen molar-refractivity contribution in [3.8, 4) is 0 Å². The van der Waals surface area contributed by atoms with Gasteiger partial charge in [0.05, 0.1) is 0 Å². The van der Waals surface area contributed by atoms with Crippen LogP contribution >= 0.6 is 0 Å². The molecule has 0 bridgehead atoms. The fourth-order valence-corrected chi connectivity index (χ4v) is 1.45. The number of pyridine rings is 1. The minimum absolute atomic E-state index is 0.152. The minimum atomic E-state index is -0.152. The fourth-order valence-electron chi connectivity index (χ4n) is 1.45. The lowest BCUT2D eigenvalue weighted by atomic mass is 10.1. The number of fused-ring (bicyclic) bond motifs is 1. The molecule has 0 spiro atoms. The number of hydrogen-bond acceptors (Lipinski definition) is 2. The second kappa shape index (κ2) is 2.62. The fraction of sp³-hybridized carbons (Fsp3) is 0.100. The van der Waals surface area contributed by atoms with Gasteiger partial charge in [-0.2, -0.15) is 0 Å². The van der Waals surface area contributed by atoms with Crippen LogP contribution in [0.25, 0.3) is 10.8 Å². The molecule has 1 aromatic carbocycles. The van der Waals surface area contributed by atoms with E-state index in [1.807, 2.05) is 25.1 Å². The molecule has 0 fully saturated rings. The molecule has 3 nitrogen and oxygen atoms in total. The molecular formula is C10H10N2O. The van der Waals surface area contributed by atoms with Crippen LogP contribution in [0.15, 0.2) is 35.3 Å². The maximum atomic E-state index is 11.5. The van der Waals surface area contributed by atoms with Gasteiger partial charge >= 0.3 is 0 Å². The predicted molar refractivity (Wildman–Crippen MR) is 53.1 cm³/mol. The molecule has 0 saturated carbocycles. The standard InChI is InChI=1S/C10H10N2O/c1-7-3-2-4-9-8(7)5-6-12(11)10(9)13/h2-6H,11H2,1H3. The van der Waals surface area contributed by atoms with E-state index in [0.717, 1.165) is 15.6 Å². The highest BCUT2D eigenvalue weighted by Crippen LogP contribution is 2.13. The molecule has 0 aliphatic rings. The summed E-state index contributed by atoms with van der Waals surface area (Å²) in [4.78, 5) is 11.5. The SMILES string of the molecule is Cc1cccc2c(=O)n(N)ccc12. The van der Waals surface area contributed by atoms with Crippen molar-refractivity contribution in [2.45, 2.75) is 6.92 Å². The summed E-state index contributed by atoms with van der Waals surface area (Å²) in [6.07, 6.45) is 1.58. The van der Waals surface area contributed by atoms with Gasteiger partial charge in [-0.3, -0.25) is 4.79 Å². The highest BCUT2D eigenvalue weighted by atomic mass is 16.1. The topological polar surface area (TPSA) is 48.0 Å². The molecule has 0 atom stereocenters. The first kappa shape index (κ1) is 7.86. The summed E-state index contributed by atoms with van der Waals surface area (Å²) in [6, 6.07) is 7.47.